The van der Waals surface area contributed by atoms with Gasteiger partial charge in [-0.1, -0.05) is 24.3 Å². The molecule has 0 saturated carbocycles. The van der Waals surface area contributed by atoms with E-state index in [9.17, 15) is 4.79 Å². The first-order chi connectivity index (χ1) is 9.60. The average molecular weight is 290 g/mol. The van der Waals surface area contributed by atoms with Crippen molar-refractivity contribution < 1.29 is 9.53 Å². The molecule has 2 aromatic rings. The number of hydrogen-bond acceptors (Lipinski definition) is 4. The Morgan fingerprint density at radius 1 is 1.35 bits per heavy atom. The first-order valence-corrected chi connectivity index (χ1v) is 7.35. The van der Waals surface area contributed by atoms with Gasteiger partial charge in [0, 0.05) is 12.8 Å². The fourth-order valence-corrected chi connectivity index (χ4v) is 3.04. The minimum absolute atomic E-state index is 0.209. The van der Waals surface area contributed by atoms with Crippen LogP contribution in [-0.4, -0.2) is 22.9 Å². The molecular formula is C15H18N2O2S. The predicted molar refractivity (Wildman–Crippen MR) is 79.7 cm³/mol. The Morgan fingerprint density at radius 2 is 2.05 bits per heavy atom. The van der Waals surface area contributed by atoms with Crippen molar-refractivity contribution in [3.05, 3.63) is 47.2 Å². The van der Waals surface area contributed by atoms with Gasteiger partial charge in [-0.15, -0.1) is 11.8 Å². The highest BCUT2D eigenvalue weighted by Gasteiger charge is 2.09. The number of aryl methyl sites for hydroxylation is 2. The number of nitrogens with zero attached hydrogens (tertiary/aromatic N) is 2. The summed E-state index contributed by atoms with van der Waals surface area (Å²) in [5.74, 6) is 0.602. The highest BCUT2D eigenvalue weighted by molar-refractivity contribution is 7.98. The van der Waals surface area contributed by atoms with Crippen LogP contribution >= 0.6 is 11.8 Å². The minimum Gasteiger partial charge on any atom is -0.469 e. The minimum atomic E-state index is -0.209. The third-order valence-electron chi connectivity index (χ3n) is 3.02. The number of benzene rings is 1. The Labute approximate surface area is 123 Å². The second-order valence-electron chi connectivity index (χ2n) is 4.56. The lowest BCUT2D eigenvalue weighted by atomic mass is 10.1. The summed E-state index contributed by atoms with van der Waals surface area (Å²) in [7, 11) is 3.35. The maximum Gasteiger partial charge on any atom is 0.309 e. The lowest BCUT2D eigenvalue weighted by molar-refractivity contribution is -0.139. The van der Waals surface area contributed by atoms with E-state index in [1.807, 2.05) is 36.9 Å². The second-order valence-corrected chi connectivity index (χ2v) is 5.55. The zero-order chi connectivity index (χ0) is 14.5. The lowest BCUT2D eigenvalue weighted by Crippen LogP contribution is -2.06. The van der Waals surface area contributed by atoms with E-state index in [-0.39, 0.29) is 5.97 Å². The van der Waals surface area contributed by atoms with E-state index in [1.165, 1.54) is 7.11 Å². The summed E-state index contributed by atoms with van der Waals surface area (Å²) in [5.41, 5.74) is 3.19. The Bertz CT molecular complexity index is 608. The van der Waals surface area contributed by atoms with Gasteiger partial charge in [0.05, 0.1) is 24.3 Å². The van der Waals surface area contributed by atoms with E-state index < -0.39 is 0 Å². The number of aromatic nitrogens is 2. The summed E-state index contributed by atoms with van der Waals surface area (Å²) in [4.78, 5) is 11.4. The van der Waals surface area contributed by atoms with E-state index in [4.69, 9.17) is 4.74 Å². The second kappa shape index (κ2) is 6.61. The number of esters is 1. The van der Waals surface area contributed by atoms with Crippen LogP contribution in [0.4, 0.5) is 0 Å². The standard InChI is InChI=1S/C15H18N2O2S/c1-11-8-14(17(2)16-11)20-10-13-7-5-4-6-12(13)9-15(18)19-3/h4-8H,9-10H2,1-3H3. The van der Waals surface area contributed by atoms with Crippen LogP contribution in [0.1, 0.15) is 16.8 Å². The Kier molecular flexibility index (Phi) is 4.84. The number of hydrogen-bond donors (Lipinski definition) is 0. The van der Waals surface area contributed by atoms with Gasteiger partial charge < -0.3 is 4.74 Å². The van der Waals surface area contributed by atoms with Gasteiger partial charge in [-0.2, -0.15) is 5.10 Å². The van der Waals surface area contributed by atoms with Crippen LogP contribution in [-0.2, 0) is 28.8 Å². The molecule has 0 bridgehead atoms. The fraction of sp³-hybridized carbons (Fsp3) is 0.333. The maximum absolute atomic E-state index is 11.4. The smallest absolute Gasteiger partial charge is 0.309 e. The van der Waals surface area contributed by atoms with Gasteiger partial charge in [0.25, 0.3) is 0 Å². The molecular weight excluding hydrogens is 272 g/mol. The normalized spacial score (nSPS) is 10.6. The monoisotopic (exact) mass is 290 g/mol. The molecule has 2 rings (SSSR count). The van der Waals surface area contributed by atoms with Crippen molar-refractivity contribution >= 4 is 17.7 Å². The summed E-state index contributed by atoms with van der Waals surface area (Å²) in [5, 5.41) is 5.45. The molecule has 0 saturated heterocycles. The molecule has 0 amide bonds. The number of rotatable bonds is 5. The van der Waals surface area contributed by atoms with E-state index >= 15 is 0 Å². The van der Waals surface area contributed by atoms with Crippen molar-refractivity contribution in [2.75, 3.05) is 7.11 Å². The number of thioether (sulfide) groups is 1. The summed E-state index contributed by atoms with van der Waals surface area (Å²) < 4.78 is 6.61. The highest BCUT2D eigenvalue weighted by atomic mass is 32.2. The molecule has 0 fully saturated rings. The molecule has 0 N–H and O–H groups in total. The zero-order valence-corrected chi connectivity index (χ0v) is 12.7. The predicted octanol–water partition coefficient (Wildman–Crippen LogP) is 2.74. The van der Waals surface area contributed by atoms with Crippen LogP contribution in [0, 0.1) is 6.92 Å². The quantitative estimate of drug-likeness (QED) is 0.627. The Morgan fingerprint density at radius 3 is 2.65 bits per heavy atom. The van der Waals surface area contributed by atoms with E-state index in [0.717, 1.165) is 27.6 Å². The third-order valence-corrected chi connectivity index (χ3v) is 4.15. The van der Waals surface area contributed by atoms with Crippen LogP contribution in [0.2, 0.25) is 0 Å². The van der Waals surface area contributed by atoms with Gasteiger partial charge in [0.2, 0.25) is 0 Å². The molecule has 0 atom stereocenters. The largest absolute Gasteiger partial charge is 0.469 e. The summed E-state index contributed by atoms with van der Waals surface area (Å²) in [6.07, 6.45) is 0.317. The van der Waals surface area contributed by atoms with Crippen LogP contribution < -0.4 is 0 Å². The SMILES string of the molecule is COC(=O)Cc1ccccc1CSc1cc(C)nn1C. The van der Waals surface area contributed by atoms with E-state index in [2.05, 4.69) is 17.2 Å². The molecule has 1 aromatic heterocycles. The van der Waals surface area contributed by atoms with Crippen LogP contribution in [0.5, 0.6) is 0 Å². The molecule has 0 aliphatic carbocycles. The Hall–Kier alpha value is -1.75. The Balaban J connectivity index is 2.09. The van der Waals surface area contributed by atoms with Crippen molar-refractivity contribution in [3.63, 3.8) is 0 Å². The lowest BCUT2D eigenvalue weighted by Gasteiger charge is -2.08. The molecule has 0 aliphatic rings. The molecule has 0 radical (unpaired) electrons. The first-order valence-electron chi connectivity index (χ1n) is 6.37. The third kappa shape index (κ3) is 3.63. The molecule has 0 spiro atoms. The summed E-state index contributed by atoms with van der Waals surface area (Å²) in [6, 6.07) is 10.0. The fourth-order valence-electron chi connectivity index (χ4n) is 1.97. The number of methoxy groups -OCH3 is 1. The van der Waals surface area contributed by atoms with Gasteiger partial charge in [0.1, 0.15) is 0 Å². The molecule has 0 aliphatic heterocycles. The van der Waals surface area contributed by atoms with Crippen molar-refractivity contribution in [2.45, 2.75) is 24.1 Å². The molecule has 5 heteroatoms. The van der Waals surface area contributed by atoms with Crippen molar-refractivity contribution in [1.29, 1.82) is 0 Å². The summed E-state index contributed by atoms with van der Waals surface area (Å²) in [6.45, 7) is 1.98. The molecule has 106 valence electrons. The number of carbonyl (C=O) groups is 1. The molecule has 4 nitrogen and oxygen atoms in total. The highest BCUT2D eigenvalue weighted by Crippen LogP contribution is 2.25. The van der Waals surface area contributed by atoms with Crippen molar-refractivity contribution in [3.8, 4) is 0 Å². The number of ether oxygens (including phenoxy) is 1. The zero-order valence-electron chi connectivity index (χ0n) is 11.9. The number of carbonyl (C=O) groups excluding carboxylic acids is 1. The van der Waals surface area contributed by atoms with Crippen LogP contribution in [0.3, 0.4) is 0 Å². The van der Waals surface area contributed by atoms with E-state index in [0.29, 0.717) is 6.42 Å². The average Bonchev–Trinajstić information content (AvgIpc) is 2.76. The first kappa shape index (κ1) is 14.7. The van der Waals surface area contributed by atoms with Crippen molar-refractivity contribution in [2.24, 2.45) is 7.05 Å². The molecule has 20 heavy (non-hydrogen) atoms. The molecule has 1 aromatic carbocycles. The van der Waals surface area contributed by atoms with Gasteiger partial charge >= 0.3 is 5.97 Å². The molecule has 0 unspecified atom stereocenters. The van der Waals surface area contributed by atoms with E-state index in [1.54, 1.807) is 11.8 Å². The molecule has 1 heterocycles. The maximum atomic E-state index is 11.4. The van der Waals surface area contributed by atoms with Gasteiger partial charge in [-0.05, 0) is 24.1 Å². The van der Waals surface area contributed by atoms with Gasteiger partial charge in [-0.3, -0.25) is 9.48 Å². The topological polar surface area (TPSA) is 44.1 Å². The van der Waals surface area contributed by atoms with Gasteiger partial charge in [0.15, 0.2) is 0 Å². The van der Waals surface area contributed by atoms with Crippen molar-refractivity contribution in [1.82, 2.24) is 9.78 Å². The van der Waals surface area contributed by atoms with Gasteiger partial charge in [-0.25, -0.2) is 0 Å². The summed E-state index contributed by atoms with van der Waals surface area (Å²) >= 11 is 1.72. The van der Waals surface area contributed by atoms with Crippen LogP contribution in [0.25, 0.3) is 0 Å². The van der Waals surface area contributed by atoms with Crippen LogP contribution in [0.15, 0.2) is 35.4 Å².